The maximum Gasteiger partial charge on any atom is 0.329 e. The molecule has 2 heterocycles. The van der Waals surface area contributed by atoms with Gasteiger partial charge >= 0.3 is 5.97 Å². The second-order valence-electron chi connectivity index (χ2n) is 8.63. The molecule has 2 amide bonds. The summed E-state index contributed by atoms with van der Waals surface area (Å²) in [4.78, 5) is 43.5. The van der Waals surface area contributed by atoms with Crippen LogP contribution in [0.1, 0.15) is 21.5 Å². The van der Waals surface area contributed by atoms with Gasteiger partial charge in [0.2, 0.25) is 0 Å². The molecule has 2 N–H and O–H groups in total. The minimum Gasteiger partial charge on any atom is -0.454 e. The van der Waals surface area contributed by atoms with Crippen molar-refractivity contribution < 1.29 is 23.5 Å². The lowest BCUT2D eigenvalue weighted by Gasteiger charge is -2.20. The SMILES string of the molecule is O=C(N[C@H](Cc1c[nH]c2ccccc12)C(=O)OCC(=O)N1CCc2ccccc21)c1ccc(F)cc1. The summed E-state index contributed by atoms with van der Waals surface area (Å²) in [6, 6.07) is 19.2. The molecule has 1 aromatic heterocycles. The van der Waals surface area contributed by atoms with Crippen LogP contribution >= 0.6 is 0 Å². The fourth-order valence-corrected chi connectivity index (χ4v) is 4.47. The maximum atomic E-state index is 13.3. The lowest BCUT2D eigenvalue weighted by molar-refractivity contribution is -0.149. The van der Waals surface area contributed by atoms with Gasteiger partial charge in [-0.25, -0.2) is 9.18 Å². The first-order chi connectivity index (χ1) is 17.5. The molecule has 1 aliphatic rings. The molecule has 0 bridgehead atoms. The number of carbonyl (C=O) groups is 3. The fraction of sp³-hybridized carbons (Fsp3) is 0.179. The highest BCUT2D eigenvalue weighted by Crippen LogP contribution is 2.27. The van der Waals surface area contributed by atoms with Crippen LogP contribution in [0.3, 0.4) is 0 Å². The van der Waals surface area contributed by atoms with Crippen molar-refractivity contribution in [2.24, 2.45) is 0 Å². The van der Waals surface area contributed by atoms with E-state index in [9.17, 15) is 18.8 Å². The van der Waals surface area contributed by atoms with Crippen LogP contribution in [-0.4, -0.2) is 42.0 Å². The van der Waals surface area contributed by atoms with Gasteiger partial charge in [0, 0.05) is 41.3 Å². The first-order valence-corrected chi connectivity index (χ1v) is 11.7. The van der Waals surface area contributed by atoms with Crippen LogP contribution < -0.4 is 10.2 Å². The van der Waals surface area contributed by atoms with E-state index in [1.54, 1.807) is 11.1 Å². The van der Waals surface area contributed by atoms with E-state index in [4.69, 9.17) is 4.74 Å². The summed E-state index contributed by atoms with van der Waals surface area (Å²) >= 11 is 0. The van der Waals surface area contributed by atoms with Crippen LogP contribution in [-0.2, 0) is 27.2 Å². The molecular formula is C28H24FN3O4. The number of rotatable bonds is 7. The topological polar surface area (TPSA) is 91.5 Å². The number of aromatic amines is 1. The van der Waals surface area contributed by atoms with Crippen LogP contribution in [0.4, 0.5) is 10.1 Å². The van der Waals surface area contributed by atoms with Crippen molar-refractivity contribution in [3.8, 4) is 0 Å². The number of fused-ring (bicyclic) bond motifs is 2. The fourth-order valence-electron chi connectivity index (χ4n) is 4.47. The Kier molecular flexibility index (Phi) is 6.49. The van der Waals surface area contributed by atoms with E-state index in [1.807, 2.05) is 48.5 Å². The van der Waals surface area contributed by atoms with Crippen molar-refractivity contribution in [1.82, 2.24) is 10.3 Å². The van der Waals surface area contributed by atoms with Gasteiger partial charge < -0.3 is 19.9 Å². The minimum absolute atomic E-state index is 0.149. The highest BCUT2D eigenvalue weighted by Gasteiger charge is 2.28. The number of halogens is 1. The standard InChI is InChI=1S/C28H24FN3O4/c29-21-11-9-19(10-12-21)27(34)31-24(15-20-16-30-23-7-3-2-6-22(20)23)28(35)36-17-26(33)32-14-13-18-5-1-4-8-25(18)32/h1-12,16,24,30H,13-15,17H2,(H,31,34)/t24-/m1/s1. The molecule has 0 radical (unpaired) electrons. The van der Waals surface area contributed by atoms with Gasteiger partial charge in [-0.3, -0.25) is 9.59 Å². The molecular weight excluding hydrogens is 461 g/mol. The number of hydrogen-bond acceptors (Lipinski definition) is 4. The molecule has 0 unspecified atom stereocenters. The Morgan fingerprint density at radius 3 is 2.58 bits per heavy atom. The number of amides is 2. The number of H-pyrrole nitrogens is 1. The van der Waals surface area contributed by atoms with Gasteiger partial charge in [0.15, 0.2) is 6.61 Å². The molecule has 0 spiro atoms. The molecule has 8 heteroatoms. The molecule has 0 saturated carbocycles. The summed E-state index contributed by atoms with van der Waals surface area (Å²) < 4.78 is 18.7. The molecule has 1 atom stereocenters. The van der Waals surface area contributed by atoms with E-state index >= 15 is 0 Å². The second-order valence-corrected chi connectivity index (χ2v) is 8.63. The van der Waals surface area contributed by atoms with E-state index in [0.29, 0.717) is 6.54 Å². The third-order valence-corrected chi connectivity index (χ3v) is 6.32. The predicted octanol–water partition coefficient (Wildman–Crippen LogP) is 3.78. The molecule has 7 nitrogen and oxygen atoms in total. The predicted molar refractivity (Wildman–Crippen MR) is 133 cm³/mol. The van der Waals surface area contributed by atoms with Gasteiger partial charge in [-0.2, -0.15) is 0 Å². The van der Waals surface area contributed by atoms with Crippen molar-refractivity contribution in [1.29, 1.82) is 0 Å². The van der Waals surface area contributed by atoms with E-state index in [1.165, 1.54) is 24.3 Å². The first kappa shape index (κ1) is 23.3. The highest BCUT2D eigenvalue weighted by atomic mass is 19.1. The van der Waals surface area contributed by atoms with Crippen LogP contribution in [0, 0.1) is 5.82 Å². The molecule has 0 aliphatic carbocycles. The zero-order chi connectivity index (χ0) is 25.1. The Morgan fingerprint density at radius 1 is 1.00 bits per heavy atom. The Morgan fingerprint density at radius 2 is 1.75 bits per heavy atom. The van der Waals surface area contributed by atoms with Gasteiger partial charge in [-0.15, -0.1) is 0 Å². The lowest BCUT2D eigenvalue weighted by Crippen LogP contribution is -2.44. The van der Waals surface area contributed by atoms with Gasteiger partial charge in [-0.1, -0.05) is 36.4 Å². The second kappa shape index (κ2) is 10.0. The lowest BCUT2D eigenvalue weighted by atomic mass is 10.0. The summed E-state index contributed by atoms with van der Waals surface area (Å²) in [6.45, 7) is 0.0831. The molecule has 5 rings (SSSR count). The Bertz CT molecular complexity index is 1430. The van der Waals surface area contributed by atoms with Crippen molar-refractivity contribution in [3.63, 3.8) is 0 Å². The first-order valence-electron chi connectivity index (χ1n) is 11.7. The minimum atomic E-state index is -1.06. The number of anilines is 1. The third kappa shape index (κ3) is 4.84. The number of nitrogens with one attached hydrogen (secondary N) is 2. The van der Waals surface area contributed by atoms with Crippen LogP contribution in [0.5, 0.6) is 0 Å². The zero-order valence-electron chi connectivity index (χ0n) is 19.4. The van der Waals surface area contributed by atoms with E-state index in [-0.39, 0.29) is 17.9 Å². The summed E-state index contributed by atoms with van der Waals surface area (Å²) in [5.41, 5.74) is 3.80. The number of aromatic nitrogens is 1. The summed E-state index contributed by atoms with van der Waals surface area (Å²) in [7, 11) is 0. The Labute approximate surface area is 206 Å². The molecule has 182 valence electrons. The van der Waals surface area contributed by atoms with Crippen molar-refractivity contribution in [3.05, 3.63) is 102 Å². The molecule has 36 heavy (non-hydrogen) atoms. The monoisotopic (exact) mass is 485 g/mol. The van der Waals surface area contributed by atoms with Gasteiger partial charge in [0.1, 0.15) is 11.9 Å². The summed E-state index contributed by atoms with van der Waals surface area (Å²) in [5, 5.41) is 3.60. The quantitative estimate of drug-likeness (QED) is 0.390. The van der Waals surface area contributed by atoms with Crippen LogP contribution in [0.2, 0.25) is 0 Å². The molecule has 1 aliphatic heterocycles. The molecule has 3 aromatic carbocycles. The largest absolute Gasteiger partial charge is 0.454 e. The molecule has 0 saturated heterocycles. The van der Waals surface area contributed by atoms with Crippen LogP contribution in [0.15, 0.2) is 79.0 Å². The maximum absolute atomic E-state index is 13.3. The van der Waals surface area contributed by atoms with Crippen molar-refractivity contribution in [2.45, 2.75) is 18.9 Å². The van der Waals surface area contributed by atoms with E-state index < -0.39 is 30.3 Å². The molecule has 4 aromatic rings. The average Bonchev–Trinajstić information content (AvgIpc) is 3.51. The number of esters is 1. The van der Waals surface area contributed by atoms with E-state index in [0.717, 1.165) is 34.1 Å². The van der Waals surface area contributed by atoms with Gasteiger partial charge in [0.25, 0.3) is 11.8 Å². The average molecular weight is 486 g/mol. The van der Waals surface area contributed by atoms with Gasteiger partial charge in [0.05, 0.1) is 0 Å². The van der Waals surface area contributed by atoms with Crippen molar-refractivity contribution in [2.75, 3.05) is 18.1 Å². The summed E-state index contributed by atoms with van der Waals surface area (Å²) in [6.07, 6.45) is 2.67. The number of para-hydroxylation sites is 2. The smallest absolute Gasteiger partial charge is 0.329 e. The normalized spacial score (nSPS) is 13.3. The number of benzene rings is 3. The summed E-state index contributed by atoms with van der Waals surface area (Å²) in [5.74, 6) is -2.07. The van der Waals surface area contributed by atoms with Crippen molar-refractivity contribution >= 4 is 34.4 Å². The number of hydrogen-bond donors (Lipinski definition) is 2. The van der Waals surface area contributed by atoms with Crippen LogP contribution in [0.25, 0.3) is 10.9 Å². The Balaban J connectivity index is 1.31. The Hall–Kier alpha value is -4.46. The van der Waals surface area contributed by atoms with E-state index in [2.05, 4.69) is 10.3 Å². The molecule has 0 fully saturated rings. The highest BCUT2D eigenvalue weighted by molar-refractivity contribution is 5.99. The zero-order valence-corrected chi connectivity index (χ0v) is 19.4. The number of carbonyl (C=O) groups excluding carboxylic acids is 3. The number of nitrogens with zero attached hydrogens (tertiary/aromatic N) is 1. The third-order valence-electron chi connectivity index (χ3n) is 6.32. The van der Waals surface area contributed by atoms with Gasteiger partial charge in [-0.05, 0) is 53.9 Å². The number of ether oxygens (including phenoxy) is 1.